The molecule has 0 bridgehead atoms. The van der Waals surface area contributed by atoms with Gasteiger partial charge >= 0.3 is 5.97 Å². The van der Waals surface area contributed by atoms with E-state index < -0.39 is 5.97 Å². The number of esters is 1. The minimum absolute atomic E-state index is 0.301. The zero-order chi connectivity index (χ0) is 13.8. The molecule has 0 saturated carbocycles. The number of anilines is 1. The van der Waals surface area contributed by atoms with Crippen LogP contribution in [-0.4, -0.2) is 30.1 Å². The lowest BCUT2D eigenvalue weighted by atomic mass is 9.88. The Hall–Kier alpha value is -1.62. The Kier molecular flexibility index (Phi) is 4.67. The molecule has 0 aliphatic carbocycles. The monoisotopic (exact) mass is 251 g/mol. The molecule has 5 heteroatoms. The van der Waals surface area contributed by atoms with Gasteiger partial charge in [0.2, 0.25) is 0 Å². The Morgan fingerprint density at radius 1 is 1.61 bits per heavy atom. The Bertz CT molecular complexity index is 420. The Morgan fingerprint density at radius 2 is 2.28 bits per heavy atom. The minimum atomic E-state index is -0.409. The van der Waals surface area contributed by atoms with Crippen LogP contribution >= 0.6 is 0 Å². The van der Waals surface area contributed by atoms with E-state index in [2.05, 4.69) is 24.1 Å². The SMILES string of the molecule is COC(=O)c1cccnc1NC(C)(CN)C(C)C. The Labute approximate surface area is 108 Å². The standard InChI is InChI=1S/C13H21N3O2/c1-9(2)13(3,8-14)16-11-10(12(17)18-4)6-5-7-15-11/h5-7,9H,8,14H2,1-4H3,(H,15,16). The molecular formula is C13H21N3O2. The van der Waals surface area contributed by atoms with Gasteiger partial charge in [0, 0.05) is 12.7 Å². The van der Waals surface area contributed by atoms with E-state index in [0.717, 1.165) is 0 Å². The number of aromatic nitrogens is 1. The quantitative estimate of drug-likeness (QED) is 0.778. The molecule has 1 rings (SSSR count). The normalized spacial score (nSPS) is 14.1. The van der Waals surface area contributed by atoms with Crippen LogP contribution in [-0.2, 0) is 4.74 Å². The lowest BCUT2D eigenvalue weighted by molar-refractivity contribution is 0.0601. The van der Waals surface area contributed by atoms with Crippen LogP contribution < -0.4 is 11.1 Å². The summed E-state index contributed by atoms with van der Waals surface area (Å²) in [6, 6.07) is 3.38. The number of carbonyl (C=O) groups excluding carboxylic acids is 1. The highest BCUT2D eigenvalue weighted by atomic mass is 16.5. The third kappa shape index (κ3) is 2.98. The van der Waals surface area contributed by atoms with Crippen molar-refractivity contribution in [2.24, 2.45) is 11.7 Å². The smallest absolute Gasteiger partial charge is 0.341 e. The van der Waals surface area contributed by atoms with Crippen LogP contribution in [0.15, 0.2) is 18.3 Å². The summed E-state index contributed by atoms with van der Waals surface area (Å²) in [7, 11) is 1.35. The van der Waals surface area contributed by atoms with E-state index in [1.165, 1.54) is 7.11 Å². The summed E-state index contributed by atoms with van der Waals surface area (Å²) in [5.41, 5.74) is 5.90. The number of nitrogens with two attached hydrogens (primary N) is 1. The van der Waals surface area contributed by atoms with E-state index in [0.29, 0.717) is 23.8 Å². The van der Waals surface area contributed by atoms with E-state index in [1.807, 2.05) is 6.92 Å². The molecule has 0 saturated heterocycles. The molecule has 5 nitrogen and oxygen atoms in total. The molecule has 0 radical (unpaired) electrons. The first kappa shape index (κ1) is 14.4. The van der Waals surface area contributed by atoms with Crippen molar-refractivity contribution in [3.05, 3.63) is 23.9 Å². The fraction of sp³-hybridized carbons (Fsp3) is 0.538. The summed E-state index contributed by atoms with van der Waals surface area (Å²) in [5, 5.41) is 3.25. The fourth-order valence-corrected chi connectivity index (χ4v) is 1.48. The summed E-state index contributed by atoms with van der Waals surface area (Å²) in [6.45, 7) is 6.59. The van der Waals surface area contributed by atoms with Gasteiger partial charge in [-0.2, -0.15) is 0 Å². The third-order valence-electron chi connectivity index (χ3n) is 3.32. The van der Waals surface area contributed by atoms with Gasteiger partial charge in [0.15, 0.2) is 0 Å². The first-order chi connectivity index (χ1) is 8.44. The van der Waals surface area contributed by atoms with Gasteiger partial charge < -0.3 is 15.8 Å². The van der Waals surface area contributed by atoms with Gasteiger partial charge in [-0.15, -0.1) is 0 Å². The zero-order valence-corrected chi connectivity index (χ0v) is 11.4. The average molecular weight is 251 g/mol. The molecule has 0 aliphatic rings. The van der Waals surface area contributed by atoms with Crippen LogP contribution in [0.2, 0.25) is 0 Å². The van der Waals surface area contributed by atoms with Gasteiger partial charge in [-0.1, -0.05) is 13.8 Å². The van der Waals surface area contributed by atoms with Crippen LogP contribution in [0.25, 0.3) is 0 Å². The number of carbonyl (C=O) groups is 1. The van der Waals surface area contributed by atoms with Crippen LogP contribution in [0.5, 0.6) is 0 Å². The molecule has 0 aromatic carbocycles. The van der Waals surface area contributed by atoms with Gasteiger partial charge in [-0.25, -0.2) is 9.78 Å². The number of hydrogen-bond acceptors (Lipinski definition) is 5. The highest BCUT2D eigenvalue weighted by Gasteiger charge is 2.28. The van der Waals surface area contributed by atoms with Crippen molar-refractivity contribution in [3.8, 4) is 0 Å². The van der Waals surface area contributed by atoms with Gasteiger partial charge in [-0.3, -0.25) is 0 Å². The first-order valence-corrected chi connectivity index (χ1v) is 5.96. The first-order valence-electron chi connectivity index (χ1n) is 5.96. The molecule has 1 aromatic heterocycles. The Balaban J connectivity index is 3.07. The molecule has 1 heterocycles. The summed E-state index contributed by atoms with van der Waals surface area (Å²) in [5.74, 6) is 0.398. The van der Waals surface area contributed by atoms with E-state index in [9.17, 15) is 4.79 Å². The predicted octanol–water partition coefficient (Wildman–Crippen LogP) is 1.65. The summed E-state index contributed by atoms with van der Waals surface area (Å²) in [6.07, 6.45) is 1.63. The minimum Gasteiger partial charge on any atom is -0.465 e. The molecule has 1 aromatic rings. The maximum atomic E-state index is 11.6. The van der Waals surface area contributed by atoms with E-state index in [4.69, 9.17) is 10.5 Å². The summed E-state index contributed by atoms with van der Waals surface area (Å²) in [4.78, 5) is 15.8. The van der Waals surface area contributed by atoms with E-state index >= 15 is 0 Å². The molecule has 18 heavy (non-hydrogen) atoms. The number of hydrogen-bond donors (Lipinski definition) is 2. The fourth-order valence-electron chi connectivity index (χ4n) is 1.48. The second kappa shape index (κ2) is 5.82. The van der Waals surface area contributed by atoms with Crippen molar-refractivity contribution >= 4 is 11.8 Å². The van der Waals surface area contributed by atoms with Gasteiger partial charge in [0.25, 0.3) is 0 Å². The highest BCUT2D eigenvalue weighted by molar-refractivity contribution is 5.94. The number of nitrogens with one attached hydrogen (secondary N) is 1. The second-order valence-corrected chi connectivity index (χ2v) is 4.79. The number of methoxy groups -OCH3 is 1. The van der Waals surface area contributed by atoms with Crippen LogP contribution in [0.3, 0.4) is 0 Å². The molecule has 0 amide bonds. The molecule has 3 N–H and O–H groups in total. The Morgan fingerprint density at radius 3 is 2.78 bits per heavy atom. The number of nitrogens with zero attached hydrogens (tertiary/aromatic N) is 1. The van der Waals surface area contributed by atoms with Crippen LogP contribution in [0, 0.1) is 5.92 Å². The van der Waals surface area contributed by atoms with Crippen molar-refractivity contribution in [2.75, 3.05) is 19.0 Å². The lowest BCUT2D eigenvalue weighted by Gasteiger charge is -2.34. The molecule has 0 fully saturated rings. The van der Waals surface area contributed by atoms with E-state index in [1.54, 1.807) is 18.3 Å². The molecular weight excluding hydrogens is 230 g/mol. The average Bonchev–Trinajstić information content (AvgIpc) is 2.38. The van der Waals surface area contributed by atoms with E-state index in [-0.39, 0.29) is 5.54 Å². The lowest BCUT2D eigenvalue weighted by Crippen LogP contribution is -2.47. The van der Waals surface area contributed by atoms with Gasteiger partial charge in [0.05, 0.1) is 12.6 Å². The maximum absolute atomic E-state index is 11.6. The topological polar surface area (TPSA) is 77.2 Å². The molecule has 100 valence electrons. The van der Waals surface area contributed by atoms with Crippen LogP contribution in [0.1, 0.15) is 31.1 Å². The summed E-state index contributed by atoms with van der Waals surface area (Å²) < 4.78 is 4.74. The van der Waals surface area contributed by atoms with Crippen molar-refractivity contribution < 1.29 is 9.53 Å². The predicted molar refractivity (Wildman–Crippen MR) is 71.5 cm³/mol. The zero-order valence-electron chi connectivity index (χ0n) is 11.4. The summed E-state index contributed by atoms with van der Waals surface area (Å²) >= 11 is 0. The van der Waals surface area contributed by atoms with Gasteiger partial charge in [0.1, 0.15) is 11.4 Å². The van der Waals surface area contributed by atoms with Crippen molar-refractivity contribution in [1.82, 2.24) is 4.98 Å². The van der Waals surface area contributed by atoms with Crippen molar-refractivity contribution in [2.45, 2.75) is 26.3 Å². The van der Waals surface area contributed by atoms with Crippen molar-refractivity contribution in [1.29, 1.82) is 0 Å². The van der Waals surface area contributed by atoms with Gasteiger partial charge in [-0.05, 0) is 25.0 Å². The van der Waals surface area contributed by atoms with Crippen molar-refractivity contribution in [3.63, 3.8) is 0 Å². The number of pyridine rings is 1. The maximum Gasteiger partial charge on any atom is 0.341 e. The molecule has 1 atom stereocenters. The largest absolute Gasteiger partial charge is 0.465 e. The number of ether oxygens (including phenoxy) is 1. The third-order valence-corrected chi connectivity index (χ3v) is 3.32. The molecule has 1 unspecified atom stereocenters. The molecule has 0 aliphatic heterocycles. The molecule has 0 spiro atoms. The van der Waals surface area contributed by atoms with Crippen LogP contribution in [0.4, 0.5) is 5.82 Å². The number of rotatable bonds is 5. The highest BCUT2D eigenvalue weighted by Crippen LogP contribution is 2.23. The second-order valence-electron chi connectivity index (χ2n) is 4.79.